The first-order valence-corrected chi connectivity index (χ1v) is 14.4. The monoisotopic (exact) mass is 586 g/mol. The molecule has 4 rings (SSSR count). The lowest BCUT2D eigenvalue weighted by Crippen LogP contribution is -2.46. The Morgan fingerprint density at radius 2 is 1.59 bits per heavy atom. The number of rotatable bonds is 7. The van der Waals surface area contributed by atoms with Crippen LogP contribution in [0.2, 0.25) is 0 Å². The van der Waals surface area contributed by atoms with Gasteiger partial charge in [-0.25, -0.2) is 30.7 Å². The molecular formula is C25H22F4N2O6S2. The lowest BCUT2D eigenvalue weighted by molar-refractivity contribution is -0.139. The lowest BCUT2D eigenvalue weighted by Gasteiger charge is -2.31. The Bertz CT molecular complexity index is 1620. The standard InChI is InChI=1S/C25H22F4N2O6S2/c26-22-7-2-1-6-20(22)16-8-9-23(21(15-16)25(27,28)29)38(34,35)30-18-10-12-31(13-11-18)39(36,37)19-5-3-4-17(14-19)24(32)33/h1-9,14-15,18,30H,10-13H2,(H,32,33). The molecule has 1 saturated heterocycles. The number of piperidine rings is 1. The third-order valence-electron chi connectivity index (χ3n) is 6.25. The summed E-state index contributed by atoms with van der Waals surface area (Å²) < 4.78 is 111. The fourth-order valence-electron chi connectivity index (χ4n) is 4.28. The van der Waals surface area contributed by atoms with Crippen LogP contribution >= 0.6 is 0 Å². The Morgan fingerprint density at radius 1 is 0.923 bits per heavy atom. The Morgan fingerprint density at radius 3 is 2.21 bits per heavy atom. The van der Waals surface area contributed by atoms with Crippen LogP contribution in [0.1, 0.15) is 28.8 Å². The van der Waals surface area contributed by atoms with E-state index < -0.39 is 54.5 Å². The van der Waals surface area contributed by atoms with Gasteiger partial charge in [0.2, 0.25) is 20.0 Å². The van der Waals surface area contributed by atoms with E-state index in [2.05, 4.69) is 4.72 Å². The molecule has 0 unspecified atom stereocenters. The molecule has 3 aromatic rings. The smallest absolute Gasteiger partial charge is 0.417 e. The van der Waals surface area contributed by atoms with Crippen molar-refractivity contribution in [1.29, 1.82) is 0 Å². The topological polar surface area (TPSA) is 121 Å². The highest BCUT2D eigenvalue weighted by molar-refractivity contribution is 7.89. The first-order valence-electron chi connectivity index (χ1n) is 11.5. The Hall–Kier alpha value is -3.33. The summed E-state index contributed by atoms with van der Waals surface area (Å²) >= 11 is 0. The predicted molar refractivity (Wildman–Crippen MR) is 132 cm³/mol. The molecule has 0 aliphatic carbocycles. The summed E-state index contributed by atoms with van der Waals surface area (Å²) in [6, 6.07) is 11.5. The van der Waals surface area contributed by atoms with E-state index in [4.69, 9.17) is 5.11 Å². The molecular weight excluding hydrogens is 564 g/mol. The van der Waals surface area contributed by atoms with Gasteiger partial charge in [0.05, 0.1) is 20.9 Å². The number of nitrogens with zero attached hydrogens (tertiary/aromatic N) is 1. The Balaban J connectivity index is 1.53. The van der Waals surface area contributed by atoms with Gasteiger partial charge in [0.25, 0.3) is 0 Å². The number of alkyl halides is 3. The van der Waals surface area contributed by atoms with Crippen LogP contribution in [-0.2, 0) is 26.2 Å². The van der Waals surface area contributed by atoms with Gasteiger partial charge in [-0.2, -0.15) is 17.5 Å². The van der Waals surface area contributed by atoms with Crippen molar-refractivity contribution < 1.29 is 44.3 Å². The highest BCUT2D eigenvalue weighted by atomic mass is 32.2. The fraction of sp³-hybridized carbons (Fsp3) is 0.240. The second-order valence-electron chi connectivity index (χ2n) is 8.82. The number of hydrogen-bond donors (Lipinski definition) is 2. The van der Waals surface area contributed by atoms with E-state index in [1.807, 2.05) is 0 Å². The van der Waals surface area contributed by atoms with Crippen molar-refractivity contribution in [3.8, 4) is 11.1 Å². The summed E-state index contributed by atoms with van der Waals surface area (Å²) in [5.41, 5.74) is -1.96. The molecule has 2 N–H and O–H groups in total. The van der Waals surface area contributed by atoms with Crippen LogP contribution in [0, 0.1) is 5.82 Å². The maximum atomic E-state index is 14.1. The van der Waals surface area contributed by atoms with E-state index in [9.17, 15) is 39.2 Å². The minimum absolute atomic E-state index is 0.0360. The number of benzene rings is 3. The number of halogens is 4. The summed E-state index contributed by atoms with van der Waals surface area (Å²) in [5.74, 6) is -2.07. The van der Waals surface area contributed by atoms with Crippen LogP contribution in [0.25, 0.3) is 11.1 Å². The van der Waals surface area contributed by atoms with Crippen molar-refractivity contribution in [2.75, 3.05) is 13.1 Å². The van der Waals surface area contributed by atoms with Gasteiger partial charge in [0.1, 0.15) is 5.82 Å². The van der Waals surface area contributed by atoms with E-state index in [0.29, 0.717) is 6.07 Å². The third-order valence-corrected chi connectivity index (χ3v) is 9.73. The van der Waals surface area contributed by atoms with Gasteiger partial charge in [0.15, 0.2) is 0 Å². The average Bonchev–Trinajstić information content (AvgIpc) is 2.88. The molecule has 0 amide bonds. The van der Waals surface area contributed by atoms with Crippen LogP contribution in [0.15, 0.2) is 76.5 Å². The van der Waals surface area contributed by atoms with E-state index in [1.165, 1.54) is 36.4 Å². The molecule has 0 aromatic heterocycles. The van der Waals surface area contributed by atoms with Gasteiger partial charge in [-0.05, 0) is 54.8 Å². The van der Waals surface area contributed by atoms with Crippen LogP contribution in [0.4, 0.5) is 17.6 Å². The molecule has 0 saturated carbocycles. The minimum Gasteiger partial charge on any atom is -0.478 e. The highest BCUT2D eigenvalue weighted by Crippen LogP contribution is 2.37. The second-order valence-corrected chi connectivity index (χ2v) is 12.4. The lowest BCUT2D eigenvalue weighted by atomic mass is 10.0. The number of carboxylic acids is 1. The molecule has 0 radical (unpaired) electrons. The molecule has 3 aromatic carbocycles. The van der Waals surface area contributed by atoms with Crippen molar-refractivity contribution in [2.24, 2.45) is 0 Å². The zero-order valence-corrected chi connectivity index (χ0v) is 21.7. The Labute approximate surface area is 222 Å². The maximum absolute atomic E-state index is 14.1. The van der Waals surface area contributed by atoms with E-state index in [0.717, 1.165) is 28.6 Å². The minimum atomic E-state index is -5.06. The zero-order valence-electron chi connectivity index (χ0n) is 20.0. The normalized spacial score (nSPS) is 15.8. The molecule has 1 fully saturated rings. The first-order chi connectivity index (χ1) is 18.2. The van der Waals surface area contributed by atoms with E-state index in [-0.39, 0.29) is 47.5 Å². The predicted octanol–water partition coefficient (Wildman–Crippen LogP) is 4.34. The summed E-state index contributed by atoms with van der Waals surface area (Å²) in [7, 11) is -8.78. The molecule has 0 bridgehead atoms. The number of hydrogen-bond acceptors (Lipinski definition) is 5. The molecule has 39 heavy (non-hydrogen) atoms. The molecule has 0 atom stereocenters. The maximum Gasteiger partial charge on any atom is 0.417 e. The molecule has 14 heteroatoms. The van der Waals surface area contributed by atoms with Crippen LogP contribution in [-0.4, -0.2) is 51.3 Å². The van der Waals surface area contributed by atoms with Gasteiger partial charge in [-0.1, -0.05) is 30.3 Å². The second kappa shape index (κ2) is 10.7. The van der Waals surface area contributed by atoms with Gasteiger partial charge in [0, 0.05) is 24.7 Å². The number of carbonyl (C=O) groups is 1. The molecule has 1 aliphatic heterocycles. The number of sulfonamides is 2. The van der Waals surface area contributed by atoms with E-state index in [1.54, 1.807) is 0 Å². The van der Waals surface area contributed by atoms with E-state index >= 15 is 0 Å². The molecule has 1 heterocycles. The number of nitrogens with one attached hydrogen (secondary N) is 1. The van der Waals surface area contributed by atoms with Gasteiger partial charge in [-0.3, -0.25) is 0 Å². The molecule has 208 valence electrons. The number of aromatic carboxylic acids is 1. The van der Waals surface area contributed by atoms with Crippen molar-refractivity contribution >= 4 is 26.0 Å². The first kappa shape index (κ1) is 28.7. The van der Waals surface area contributed by atoms with Gasteiger partial charge >= 0.3 is 12.1 Å². The summed E-state index contributed by atoms with van der Waals surface area (Å²) in [4.78, 5) is 9.90. The molecule has 1 aliphatic rings. The quantitative estimate of drug-likeness (QED) is 0.398. The van der Waals surface area contributed by atoms with Crippen molar-refractivity contribution in [3.63, 3.8) is 0 Å². The van der Waals surface area contributed by atoms with Gasteiger partial charge < -0.3 is 5.11 Å². The van der Waals surface area contributed by atoms with Gasteiger partial charge in [-0.15, -0.1) is 0 Å². The summed E-state index contributed by atoms with van der Waals surface area (Å²) in [5, 5.41) is 9.12. The molecule has 8 nitrogen and oxygen atoms in total. The van der Waals surface area contributed by atoms with Crippen molar-refractivity contribution in [3.05, 3.63) is 83.7 Å². The van der Waals surface area contributed by atoms with Crippen LogP contribution < -0.4 is 4.72 Å². The van der Waals surface area contributed by atoms with Crippen LogP contribution in [0.5, 0.6) is 0 Å². The van der Waals surface area contributed by atoms with Crippen molar-refractivity contribution in [1.82, 2.24) is 9.03 Å². The number of carboxylic acid groups (broad SMARTS) is 1. The third kappa shape index (κ3) is 6.13. The fourth-order valence-corrected chi connectivity index (χ4v) is 7.31. The summed E-state index contributed by atoms with van der Waals surface area (Å²) in [6.07, 6.45) is -5.13. The SMILES string of the molecule is O=C(O)c1cccc(S(=O)(=O)N2CCC(NS(=O)(=O)c3ccc(-c4ccccc4F)cc3C(F)(F)F)CC2)c1. The van der Waals surface area contributed by atoms with Crippen LogP contribution in [0.3, 0.4) is 0 Å². The molecule has 0 spiro atoms. The Kier molecular flexibility index (Phi) is 7.85. The average molecular weight is 587 g/mol. The van der Waals surface area contributed by atoms with Crippen molar-refractivity contribution in [2.45, 2.75) is 34.9 Å². The highest BCUT2D eigenvalue weighted by Gasteiger charge is 2.39. The zero-order chi connectivity index (χ0) is 28.6. The largest absolute Gasteiger partial charge is 0.478 e. The summed E-state index contributed by atoms with van der Waals surface area (Å²) in [6.45, 7) is -0.295.